The van der Waals surface area contributed by atoms with Gasteiger partial charge in [-0.1, -0.05) is 24.3 Å². The van der Waals surface area contributed by atoms with Crippen LogP contribution in [0.25, 0.3) is 0 Å². The number of rotatable bonds is 2. The fraction of sp³-hybridized carbons (Fsp3) is 0.333. The number of benzene rings is 1. The number of aliphatic hydroxyl groups is 1. The molecule has 1 aromatic rings. The molecule has 3 heteroatoms. The smallest absolute Gasteiger partial charge is 0.0685 e. The van der Waals surface area contributed by atoms with E-state index in [4.69, 9.17) is 10.8 Å². The molecule has 0 amide bonds. The van der Waals surface area contributed by atoms with Gasteiger partial charge in [0.25, 0.3) is 0 Å². The van der Waals surface area contributed by atoms with Crippen molar-refractivity contribution in [2.45, 2.75) is 19.6 Å². The van der Waals surface area contributed by atoms with E-state index in [9.17, 15) is 0 Å². The van der Waals surface area contributed by atoms with Gasteiger partial charge in [0.2, 0.25) is 0 Å². The van der Waals surface area contributed by atoms with Crippen LogP contribution in [0, 0.1) is 0 Å². The zero-order valence-corrected chi connectivity index (χ0v) is 7.84. The lowest BCUT2D eigenvalue weighted by Gasteiger charge is -2.09. The van der Waals surface area contributed by atoms with Crippen molar-refractivity contribution < 1.29 is 5.11 Å². The molecule has 0 aromatic heterocycles. The molecule has 0 spiro atoms. The molecule has 1 atom stereocenters. The Kier molecular flexibility index (Phi) is 4.90. The van der Waals surface area contributed by atoms with Crippen molar-refractivity contribution in [2.24, 2.45) is 5.73 Å². The van der Waals surface area contributed by atoms with Crippen LogP contribution in [-0.2, 0) is 6.61 Å². The van der Waals surface area contributed by atoms with Crippen LogP contribution < -0.4 is 5.73 Å². The van der Waals surface area contributed by atoms with E-state index in [1.807, 2.05) is 31.2 Å². The van der Waals surface area contributed by atoms with Gasteiger partial charge in [0.1, 0.15) is 0 Å². The first-order valence-electron chi connectivity index (χ1n) is 3.70. The summed E-state index contributed by atoms with van der Waals surface area (Å²) in [5.74, 6) is 0. The molecule has 0 saturated heterocycles. The third-order valence-electron chi connectivity index (χ3n) is 1.72. The van der Waals surface area contributed by atoms with E-state index in [-0.39, 0.29) is 25.1 Å². The fourth-order valence-corrected chi connectivity index (χ4v) is 1.12. The summed E-state index contributed by atoms with van der Waals surface area (Å²) in [6.45, 7) is 1.98. The van der Waals surface area contributed by atoms with Gasteiger partial charge < -0.3 is 10.8 Å². The van der Waals surface area contributed by atoms with Gasteiger partial charge in [-0.2, -0.15) is 0 Å². The minimum atomic E-state index is -0.00153. The van der Waals surface area contributed by atoms with Crippen molar-refractivity contribution in [3.05, 3.63) is 35.4 Å². The quantitative estimate of drug-likeness (QED) is 0.739. The second-order valence-corrected chi connectivity index (χ2v) is 2.65. The summed E-state index contributed by atoms with van der Waals surface area (Å²) in [5.41, 5.74) is 7.62. The maximum atomic E-state index is 8.91. The van der Waals surface area contributed by atoms with Crippen LogP contribution in [0.4, 0.5) is 0 Å². The largest absolute Gasteiger partial charge is 0.392 e. The van der Waals surface area contributed by atoms with Gasteiger partial charge in [0, 0.05) is 6.04 Å². The maximum absolute atomic E-state index is 8.91. The first-order valence-corrected chi connectivity index (χ1v) is 3.70. The highest BCUT2D eigenvalue weighted by atomic mass is 35.5. The summed E-state index contributed by atoms with van der Waals surface area (Å²) in [7, 11) is 0. The minimum absolute atomic E-state index is 0. The lowest BCUT2D eigenvalue weighted by molar-refractivity contribution is 0.280. The van der Waals surface area contributed by atoms with E-state index in [1.165, 1.54) is 0 Å². The zero-order valence-electron chi connectivity index (χ0n) is 7.03. The summed E-state index contributed by atoms with van der Waals surface area (Å²) >= 11 is 0. The van der Waals surface area contributed by atoms with Crippen molar-refractivity contribution in [1.82, 2.24) is 0 Å². The average molecular weight is 188 g/mol. The zero-order chi connectivity index (χ0) is 8.27. The molecular formula is C9H14ClNO. The molecule has 12 heavy (non-hydrogen) atoms. The molecule has 1 rings (SSSR count). The summed E-state index contributed by atoms with van der Waals surface area (Å²) in [4.78, 5) is 0. The standard InChI is InChI=1S/C9H13NO.ClH/c1-7(10)9-5-3-2-4-8(9)6-11;/h2-5,7,11H,6,10H2,1H3;1H/t7-;/m1./s1. The molecule has 3 N–H and O–H groups in total. The second-order valence-electron chi connectivity index (χ2n) is 2.65. The van der Waals surface area contributed by atoms with Gasteiger partial charge in [0.05, 0.1) is 6.61 Å². The number of halogens is 1. The number of hydrogen-bond acceptors (Lipinski definition) is 2. The van der Waals surface area contributed by atoms with Crippen molar-refractivity contribution in [1.29, 1.82) is 0 Å². The summed E-state index contributed by atoms with van der Waals surface area (Å²) < 4.78 is 0. The highest BCUT2D eigenvalue weighted by Crippen LogP contribution is 2.14. The van der Waals surface area contributed by atoms with Crippen LogP contribution in [0.2, 0.25) is 0 Å². The first kappa shape index (κ1) is 11.4. The lowest BCUT2D eigenvalue weighted by atomic mass is 10.0. The third kappa shape index (κ3) is 2.48. The predicted molar refractivity (Wildman–Crippen MR) is 52.2 cm³/mol. The highest BCUT2D eigenvalue weighted by molar-refractivity contribution is 5.85. The van der Waals surface area contributed by atoms with Crippen molar-refractivity contribution in [2.75, 3.05) is 0 Å². The molecule has 0 saturated carbocycles. The summed E-state index contributed by atoms with van der Waals surface area (Å²) in [6.07, 6.45) is 0. The SMILES string of the molecule is C[C@@H](N)c1ccccc1CO.Cl. The second kappa shape index (κ2) is 5.14. The Hall–Kier alpha value is -0.570. The van der Waals surface area contributed by atoms with Crippen molar-refractivity contribution >= 4 is 12.4 Å². The monoisotopic (exact) mass is 187 g/mol. The molecule has 2 nitrogen and oxygen atoms in total. The van der Waals surface area contributed by atoms with Gasteiger partial charge in [-0.3, -0.25) is 0 Å². The van der Waals surface area contributed by atoms with Gasteiger partial charge in [0.15, 0.2) is 0 Å². The molecule has 68 valence electrons. The molecule has 0 aliphatic rings. The number of aliphatic hydroxyl groups excluding tert-OH is 1. The highest BCUT2D eigenvalue weighted by Gasteiger charge is 2.03. The molecule has 0 bridgehead atoms. The minimum Gasteiger partial charge on any atom is -0.392 e. The Bertz CT molecular complexity index is 238. The van der Waals surface area contributed by atoms with Crippen LogP contribution in [0.1, 0.15) is 24.1 Å². The third-order valence-corrected chi connectivity index (χ3v) is 1.72. The number of hydrogen-bond donors (Lipinski definition) is 2. The molecule has 0 unspecified atom stereocenters. The van der Waals surface area contributed by atoms with Gasteiger partial charge in [-0.05, 0) is 18.1 Å². The normalized spacial score (nSPS) is 11.9. The first-order chi connectivity index (χ1) is 5.25. The number of nitrogens with two attached hydrogens (primary N) is 1. The van der Waals surface area contributed by atoms with Gasteiger partial charge in [-0.15, -0.1) is 12.4 Å². The van der Waals surface area contributed by atoms with Gasteiger partial charge in [-0.25, -0.2) is 0 Å². The fourth-order valence-electron chi connectivity index (χ4n) is 1.12. The van der Waals surface area contributed by atoms with Crippen LogP contribution >= 0.6 is 12.4 Å². The molecule has 1 aromatic carbocycles. The van der Waals surface area contributed by atoms with Crippen LogP contribution in [0.15, 0.2) is 24.3 Å². The lowest BCUT2D eigenvalue weighted by Crippen LogP contribution is -2.07. The Morgan fingerprint density at radius 3 is 2.42 bits per heavy atom. The molecule has 0 radical (unpaired) electrons. The molecular weight excluding hydrogens is 174 g/mol. The van der Waals surface area contributed by atoms with E-state index < -0.39 is 0 Å². The Morgan fingerprint density at radius 2 is 2.00 bits per heavy atom. The molecule has 0 heterocycles. The van der Waals surface area contributed by atoms with Crippen molar-refractivity contribution in [3.8, 4) is 0 Å². The van der Waals surface area contributed by atoms with Crippen LogP contribution in [0.3, 0.4) is 0 Å². The van der Waals surface area contributed by atoms with E-state index in [1.54, 1.807) is 0 Å². The Morgan fingerprint density at radius 1 is 1.42 bits per heavy atom. The molecule has 0 fully saturated rings. The topological polar surface area (TPSA) is 46.2 Å². The van der Waals surface area contributed by atoms with E-state index >= 15 is 0 Å². The van der Waals surface area contributed by atoms with Gasteiger partial charge >= 0.3 is 0 Å². The van der Waals surface area contributed by atoms with Crippen molar-refractivity contribution in [3.63, 3.8) is 0 Å². The summed E-state index contributed by atoms with van der Waals surface area (Å²) in [5, 5.41) is 8.91. The van der Waals surface area contributed by atoms with E-state index in [2.05, 4.69) is 0 Å². The van der Waals surface area contributed by atoms with Crippen LogP contribution in [-0.4, -0.2) is 5.11 Å². The Labute approximate surface area is 78.8 Å². The average Bonchev–Trinajstić information content (AvgIpc) is 2.04. The van der Waals surface area contributed by atoms with E-state index in [0.29, 0.717) is 0 Å². The maximum Gasteiger partial charge on any atom is 0.0685 e. The van der Waals surface area contributed by atoms with Crippen LogP contribution in [0.5, 0.6) is 0 Å². The molecule has 0 aliphatic heterocycles. The molecule has 0 aliphatic carbocycles. The summed E-state index contributed by atoms with van der Waals surface area (Å²) in [6, 6.07) is 7.66. The predicted octanol–water partition coefficient (Wildman–Crippen LogP) is 1.62. The Balaban J connectivity index is 0.00000121. The van der Waals surface area contributed by atoms with E-state index in [0.717, 1.165) is 11.1 Å².